The number of para-hydroxylation sites is 2. The van der Waals surface area contributed by atoms with Crippen molar-refractivity contribution in [3.63, 3.8) is 0 Å². The van der Waals surface area contributed by atoms with Crippen molar-refractivity contribution in [3.8, 4) is 11.1 Å². The number of rotatable bonds is 3. The molecule has 2 aliphatic rings. The van der Waals surface area contributed by atoms with E-state index in [1.54, 1.807) is 24.5 Å². The number of hydrogen-bond acceptors (Lipinski definition) is 4. The molecule has 0 atom stereocenters. The fourth-order valence-corrected chi connectivity index (χ4v) is 3.73. The summed E-state index contributed by atoms with van der Waals surface area (Å²) in [6.45, 7) is 0. The van der Waals surface area contributed by atoms with Crippen LogP contribution in [0.5, 0.6) is 0 Å². The van der Waals surface area contributed by atoms with Crippen LogP contribution >= 0.6 is 0 Å². The van der Waals surface area contributed by atoms with Gasteiger partial charge in [0, 0.05) is 52.7 Å². The van der Waals surface area contributed by atoms with Crippen LogP contribution < -0.4 is 15.8 Å². The van der Waals surface area contributed by atoms with E-state index in [1.807, 2.05) is 65.6 Å². The molecule has 0 saturated heterocycles. The van der Waals surface area contributed by atoms with Crippen LogP contribution in [-0.4, -0.2) is 9.97 Å². The maximum Gasteiger partial charge on any atom is 0.196 e. The van der Waals surface area contributed by atoms with Crippen molar-refractivity contribution in [2.75, 3.05) is 4.90 Å². The van der Waals surface area contributed by atoms with Crippen molar-refractivity contribution in [3.05, 3.63) is 118 Å². The Balaban J connectivity index is 1.83. The van der Waals surface area contributed by atoms with E-state index in [0.29, 0.717) is 21.9 Å². The number of H-pyrrole nitrogens is 1. The highest BCUT2D eigenvalue weighted by atomic mass is 16.1. The topological polar surface area (TPSA) is 66.1 Å². The van der Waals surface area contributed by atoms with E-state index in [9.17, 15) is 9.59 Å². The van der Waals surface area contributed by atoms with Gasteiger partial charge < -0.3 is 9.88 Å². The zero-order valence-electron chi connectivity index (χ0n) is 15.9. The molecule has 0 fully saturated rings. The summed E-state index contributed by atoms with van der Waals surface area (Å²) >= 11 is 0. The first kappa shape index (κ1) is 17.8. The molecule has 1 N–H and O–H groups in total. The largest absolute Gasteiger partial charge is 0.365 e. The molecule has 5 rings (SSSR count). The monoisotopic (exact) mass is 391 g/mol. The third-order valence-electron chi connectivity index (χ3n) is 5.13. The van der Waals surface area contributed by atoms with Gasteiger partial charge in [0.25, 0.3) is 0 Å². The zero-order valence-corrected chi connectivity index (χ0v) is 15.9. The fraction of sp³-hybridized carbons (Fsp3) is 0. The predicted molar refractivity (Wildman–Crippen MR) is 120 cm³/mol. The van der Waals surface area contributed by atoms with Crippen molar-refractivity contribution >= 4 is 27.8 Å². The summed E-state index contributed by atoms with van der Waals surface area (Å²) in [6, 6.07) is 23.1. The van der Waals surface area contributed by atoms with Crippen molar-refractivity contribution in [1.82, 2.24) is 9.97 Å². The molecular formula is C25H17N3O2. The molecule has 1 aromatic heterocycles. The summed E-state index contributed by atoms with van der Waals surface area (Å²) < 4.78 is 0. The molecule has 1 aliphatic heterocycles. The highest BCUT2D eigenvalue weighted by molar-refractivity contribution is 5.90. The van der Waals surface area contributed by atoms with Gasteiger partial charge in [-0.15, -0.1) is 0 Å². The van der Waals surface area contributed by atoms with Gasteiger partial charge in [-0.3, -0.25) is 14.6 Å². The van der Waals surface area contributed by atoms with Gasteiger partial charge in [-0.25, -0.2) is 0 Å². The van der Waals surface area contributed by atoms with Gasteiger partial charge in [0.05, 0.1) is 11.1 Å². The molecule has 2 heterocycles. The standard InChI is InChI=1S/C25H17N3O2/c29-24-20-11-12-26-15-22(20)25(30)21-13-19(14-27-16-23(21)24)28(17-7-3-1-4-8-17)18-9-5-2-6-10-18/h1-16,27H. The minimum atomic E-state index is -0.209. The molecule has 0 bridgehead atoms. The van der Waals surface area contributed by atoms with Gasteiger partial charge in [-0.05, 0) is 36.4 Å². The van der Waals surface area contributed by atoms with Crippen LogP contribution in [0.15, 0.2) is 107 Å². The Kier molecular flexibility index (Phi) is 4.33. The maximum absolute atomic E-state index is 13.2. The first-order valence-electron chi connectivity index (χ1n) is 9.56. The van der Waals surface area contributed by atoms with E-state index >= 15 is 0 Å². The lowest BCUT2D eigenvalue weighted by atomic mass is 10.0. The third-order valence-corrected chi connectivity index (χ3v) is 5.13. The first-order chi connectivity index (χ1) is 14.7. The highest BCUT2D eigenvalue weighted by Gasteiger charge is 2.18. The molecule has 3 aromatic rings. The molecule has 144 valence electrons. The number of aromatic amines is 1. The number of pyridine rings is 1. The Morgan fingerprint density at radius 2 is 1.30 bits per heavy atom. The van der Waals surface area contributed by atoms with Gasteiger partial charge in [0.15, 0.2) is 10.9 Å². The number of nitrogens with one attached hydrogen (secondary N) is 1. The minimum absolute atomic E-state index is 0.189. The molecule has 0 amide bonds. The molecule has 5 nitrogen and oxygen atoms in total. The molecule has 0 unspecified atom stereocenters. The van der Waals surface area contributed by atoms with E-state index in [-0.39, 0.29) is 10.9 Å². The number of aromatic nitrogens is 2. The van der Waals surface area contributed by atoms with Crippen LogP contribution in [0, 0.1) is 0 Å². The minimum Gasteiger partial charge on any atom is -0.365 e. The van der Waals surface area contributed by atoms with E-state index in [0.717, 1.165) is 17.1 Å². The summed E-state index contributed by atoms with van der Waals surface area (Å²) in [5.74, 6) is 0. The Morgan fingerprint density at radius 3 is 1.97 bits per heavy atom. The number of benzene rings is 3. The van der Waals surface area contributed by atoms with Crippen LogP contribution in [0.1, 0.15) is 0 Å². The highest BCUT2D eigenvalue weighted by Crippen LogP contribution is 2.34. The Hall–Kier alpha value is -4.25. The van der Waals surface area contributed by atoms with Crippen molar-refractivity contribution in [1.29, 1.82) is 0 Å². The molecule has 0 radical (unpaired) electrons. The van der Waals surface area contributed by atoms with E-state index in [2.05, 4.69) is 9.97 Å². The molecule has 0 saturated carbocycles. The lowest BCUT2D eigenvalue weighted by Gasteiger charge is -2.24. The summed E-state index contributed by atoms with van der Waals surface area (Å²) in [5, 5.41) is 0.713. The average Bonchev–Trinajstić information content (AvgIpc) is 3.03. The Labute approximate surface area is 172 Å². The fourth-order valence-electron chi connectivity index (χ4n) is 3.73. The second kappa shape index (κ2) is 7.29. The second-order valence-corrected chi connectivity index (χ2v) is 6.94. The van der Waals surface area contributed by atoms with Gasteiger partial charge in [0.2, 0.25) is 0 Å². The molecule has 0 spiro atoms. The van der Waals surface area contributed by atoms with Gasteiger partial charge in [-0.2, -0.15) is 0 Å². The third kappa shape index (κ3) is 2.93. The smallest absolute Gasteiger partial charge is 0.196 e. The van der Waals surface area contributed by atoms with Crippen LogP contribution in [0.4, 0.5) is 17.1 Å². The van der Waals surface area contributed by atoms with Crippen molar-refractivity contribution in [2.45, 2.75) is 0 Å². The zero-order chi connectivity index (χ0) is 20.5. The lowest BCUT2D eigenvalue weighted by molar-refractivity contribution is 1.26. The van der Waals surface area contributed by atoms with Crippen LogP contribution in [0.25, 0.3) is 21.9 Å². The molecule has 5 heteroatoms. The number of fused-ring (bicyclic) bond motifs is 2. The number of nitrogens with zero attached hydrogens (tertiary/aromatic N) is 2. The van der Waals surface area contributed by atoms with Crippen molar-refractivity contribution < 1.29 is 0 Å². The number of hydrogen-bond donors (Lipinski definition) is 1. The molecule has 30 heavy (non-hydrogen) atoms. The SMILES string of the molecule is O=c1c2c[nH]cc(N(c3ccccc3)c3ccccc3)cc-2c(=O)c2cnccc12. The Morgan fingerprint density at radius 1 is 0.667 bits per heavy atom. The molecular weight excluding hydrogens is 374 g/mol. The maximum atomic E-state index is 13.2. The first-order valence-corrected chi connectivity index (χ1v) is 9.56. The number of anilines is 3. The Bertz CT molecular complexity index is 1390. The summed E-state index contributed by atoms with van der Waals surface area (Å²) in [7, 11) is 0. The van der Waals surface area contributed by atoms with Crippen LogP contribution in [0.2, 0.25) is 0 Å². The van der Waals surface area contributed by atoms with E-state index < -0.39 is 0 Å². The summed E-state index contributed by atoms with van der Waals surface area (Å²) in [4.78, 5) is 35.4. The average molecular weight is 391 g/mol. The lowest BCUT2D eigenvalue weighted by Crippen LogP contribution is -2.17. The van der Waals surface area contributed by atoms with Crippen molar-refractivity contribution in [2.24, 2.45) is 0 Å². The van der Waals surface area contributed by atoms with E-state index in [4.69, 9.17) is 0 Å². The van der Waals surface area contributed by atoms with Gasteiger partial charge in [0.1, 0.15) is 0 Å². The molecule has 1 aliphatic carbocycles. The molecule has 2 aromatic carbocycles. The van der Waals surface area contributed by atoms with Crippen LogP contribution in [-0.2, 0) is 0 Å². The normalized spacial score (nSPS) is 10.9. The van der Waals surface area contributed by atoms with E-state index in [1.165, 1.54) is 12.4 Å². The summed E-state index contributed by atoms with van der Waals surface area (Å²) in [6.07, 6.45) is 6.37. The van der Waals surface area contributed by atoms with Gasteiger partial charge in [-0.1, -0.05) is 36.4 Å². The quantitative estimate of drug-likeness (QED) is 0.477. The second-order valence-electron chi connectivity index (χ2n) is 6.94. The van der Waals surface area contributed by atoms with Crippen LogP contribution in [0.3, 0.4) is 0 Å². The van der Waals surface area contributed by atoms with Gasteiger partial charge >= 0.3 is 0 Å². The summed E-state index contributed by atoms with van der Waals surface area (Å²) in [5.41, 5.74) is 2.93. The predicted octanol–water partition coefficient (Wildman–Crippen LogP) is 4.86.